The van der Waals surface area contributed by atoms with E-state index in [-0.39, 0.29) is 5.82 Å². The van der Waals surface area contributed by atoms with Crippen LogP contribution in [0.1, 0.15) is 5.56 Å². The second kappa shape index (κ2) is 8.16. The fourth-order valence-electron chi connectivity index (χ4n) is 1.86. The molecule has 2 aromatic rings. The molecule has 0 spiro atoms. The highest BCUT2D eigenvalue weighted by molar-refractivity contribution is 5.46. The monoisotopic (exact) mass is 290 g/mol. The summed E-state index contributed by atoms with van der Waals surface area (Å²) < 4.78 is 18.4. The molecular weight excluding hydrogens is 271 g/mol. The number of hydrogen-bond acceptors (Lipinski definition) is 5. The van der Waals surface area contributed by atoms with Crippen molar-refractivity contribution in [3.63, 3.8) is 0 Å². The average molecular weight is 290 g/mol. The number of methoxy groups -OCH3 is 1. The smallest absolute Gasteiger partial charge is 0.131 e. The summed E-state index contributed by atoms with van der Waals surface area (Å²) in [4.78, 5) is 8.25. The van der Waals surface area contributed by atoms with Gasteiger partial charge in [0.05, 0.1) is 6.61 Å². The highest BCUT2D eigenvalue weighted by atomic mass is 19.1. The minimum Gasteiger partial charge on any atom is -0.383 e. The molecular formula is C15H19FN4O. The van der Waals surface area contributed by atoms with E-state index in [4.69, 9.17) is 4.74 Å². The van der Waals surface area contributed by atoms with Crippen LogP contribution in [0.15, 0.2) is 36.7 Å². The minimum atomic E-state index is -0.177. The Morgan fingerprint density at radius 1 is 1.10 bits per heavy atom. The maximum atomic E-state index is 13.5. The first-order valence-electron chi connectivity index (χ1n) is 6.81. The van der Waals surface area contributed by atoms with Crippen LogP contribution in [-0.2, 0) is 11.2 Å². The van der Waals surface area contributed by atoms with Crippen molar-refractivity contribution in [1.82, 2.24) is 9.97 Å². The third kappa shape index (κ3) is 5.00. The van der Waals surface area contributed by atoms with Crippen molar-refractivity contribution in [1.29, 1.82) is 0 Å². The third-order valence-corrected chi connectivity index (χ3v) is 2.94. The molecule has 112 valence electrons. The Morgan fingerprint density at radius 2 is 1.81 bits per heavy atom. The lowest BCUT2D eigenvalue weighted by molar-refractivity contribution is 0.210. The Kier molecular flexibility index (Phi) is 5.90. The summed E-state index contributed by atoms with van der Waals surface area (Å²) in [6.45, 7) is 1.90. The van der Waals surface area contributed by atoms with Crippen molar-refractivity contribution in [3.8, 4) is 0 Å². The van der Waals surface area contributed by atoms with E-state index in [2.05, 4.69) is 20.6 Å². The predicted molar refractivity (Wildman–Crippen MR) is 81.0 cm³/mol. The Bertz CT molecular complexity index is 565. The van der Waals surface area contributed by atoms with Crippen molar-refractivity contribution < 1.29 is 9.13 Å². The molecule has 2 N–H and O–H groups in total. The lowest BCUT2D eigenvalue weighted by Gasteiger charge is -2.08. The maximum absolute atomic E-state index is 13.5. The van der Waals surface area contributed by atoms with Crippen molar-refractivity contribution in [3.05, 3.63) is 48.0 Å². The largest absolute Gasteiger partial charge is 0.383 e. The normalized spacial score (nSPS) is 10.4. The van der Waals surface area contributed by atoms with Gasteiger partial charge in [-0.15, -0.1) is 0 Å². The third-order valence-electron chi connectivity index (χ3n) is 2.94. The van der Waals surface area contributed by atoms with E-state index in [1.54, 1.807) is 19.2 Å². The van der Waals surface area contributed by atoms with Crippen molar-refractivity contribution >= 4 is 11.6 Å². The van der Waals surface area contributed by atoms with E-state index >= 15 is 0 Å². The second-order valence-electron chi connectivity index (χ2n) is 4.48. The Hall–Kier alpha value is -2.21. The van der Waals surface area contributed by atoms with Crippen molar-refractivity contribution in [2.24, 2.45) is 0 Å². The van der Waals surface area contributed by atoms with Gasteiger partial charge in [0, 0.05) is 26.3 Å². The van der Waals surface area contributed by atoms with Gasteiger partial charge in [-0.3, -0.25) is 0 Å². The zero-order valence-corrected chi connectivity index (χ0v) is 12.0. The summed E-state index contributed by atoms with van der Waals surface area (Å²) >= 11 is 0. The van der Waals surface area contributed by atoms with Gasteiger partial charge in [0.2, 0.25) is 0 Å². The van der Waals surface area contributed by atoms with Crippen LogP contribution in [0.25, 0.3) is 0 Å². The van der Waals surface area contributed by atoms with Crippen LogP contribution in [0.4, 0.5) is 16.0 Å². The minimum absolute atomic E-state index is 0.177. The first-order chi connectivity index (χ1) is 10.3. The number of halogens is 1. The van der Waals surface area contributed by atoms with Gasteiger partial charge in [-0.05, 0) is 18.1 Å². The topological polar surface area (TPSA) is 59.1 Å². The highest BCUT2D eigenvalue weighted by Crippen LogP contribution is 2.10. The highest BCUT2D eigenvalue weighted by Gasteiger charge is 2.01. The molecule has 0 saturated heterocycles. The number of aromatic nitrogens is 2. The predicted octanol–water partition coefficient (Wildman–Crippen LogP) is 2.33. The molecule has 1 aromatic heterocycles. The molecule has 0 aliphatic carbocycles. The van der Waals surface area contributed by atoms with Gasteiger partial charge in [0.25, 0.3) is 0 Å². The molecule has 2 rings (SSSR count). The van der Waals surface area contributed by atoms with Crippen molar-refractivity contribution in [2.45, 2.75) is 6.42 Å². The molecule has 0 aliphatic rings. The van der Waals surface area contributed by atoms with E-state index in [0.717, 1.165) is 5.82 Å². The zero-order chi connectivity index (χ0) is 14.9. The summed E-state index contributed by atoms with van der Waals surface area (Å²) in [5.74, 6) is 1.26. The van der Waals surface area contributed by atoms with E-state index in [1.165, 1.54) is 12.4 Å². The summed E-state index contributed by atoms with van der Waals surface area (Å²) in [6.07, 6.45) is 2.09. The molecule has 0 aliphatic heterocycles. The van der Waals surface area contributed by atoms with Gasteiger partial charge in [0.1, 0.15) is 23.8 Å². The first kappa shape index (κ1) is 15.2. The average Bonchev–Trinajstić information content (AvgIpc) is 2.50. The number of benzene rings is 1. The van der Waals surface area contributed by atoms with Crippen LogP contribution in [-0.4, -0.2) is 36.8 Å². The Balaban J connectivity index is 1.83. The van der Waals surface area contributed by atoms with Crippen molar-refractivity contribution in [2.75, 3.05) is 37.4 Å². The lowest BCUT2D eigenvalue weighted by Crippen LogP contribution is -2.11. The number of ether oxygens (including phenoxy) is 1. The van der Waals surface area contributed by atoms with Crippen LogP contribution in [0, 0.1) is 5.82 Å². The Labute approximate surface area is 123 Å². The van der Waals surface area contributed by atoms with E-state index in [1.807, 2.05) is 12.1 Å². The lowest BCUT2D eigenvalue weighted by atomic mass is 10.1. The molecule has 0 radical (unpaired) electrons. The van der Waals surface area contributed by atoms with Gasteiger partial charge in [-0.25, -0.2) is 14.4 Å². The summed E-state index contributed by atoms with van der Waals surface area (Å²) in [5.41, 5.74) is 0.692. The van der Waals surface area contributed by atoms with Gasteiger partial charge < -0.3 is 15.4 Å². The molecule has 0 unspecified atom stereocenters. The summed E-state index contributed by atoms with van der Waals surface area (Å²) in [7, 11) is 1.65. The molecule has 0 atom stereocenters. The maximum Gasteiger partial charge on any atom is 0.131 e. The fourth-order valence-corrected chi connectivity index (χ4v) is 1.86. The van der Waals surface area contributed by atoms with Crippen LogP contribution in [0.5, 0.6) is 0 Å². The van der Waals surface area contributed by atoms with Gasteiger partial charge >= 0.3 is 0 Å². The molecule has 0 saturated carbocycles. The van der Waals surface area contributed by atoms with Crippen LogP contribution < -0.4 is 10.6 Å². The molecule has 5 nitrogen and oxygen atoms in total. The number of anilines is 2. The summed E-state index contributed by atoms with van der Waals surface area (Å²) in [5, 5.41) is 6.29. The van der Waals surface area contributed by atoms with E-state index in [0.29, 0.717) is 37.5 Å². The Morgan fingerprint density at radius 3 is 2.52 bits per heavy atom. The molecule has 0 bridgehead atoms. The summed E-state index contributed by atoms with van der Waals surface area (Å²) in [6, 6.07) is 8.60. The molecule has 1 aromatic carbocycles. The number of nitrogens with one attached hydrogen (secondary N) is 2. The van der Waals surface area contributed by atoms with Gasteiger partial charge in [0.15, 0.2) is 0 Å². The van der Waals surface area contributed by atoms with Crippen LogP contribution in [0.2, 0.25) is 0 Å². The SMILES string of the molecule is COCCNc1cc(NCCc2ccccc2F)ncn1. The van der Waals surface area contributed by atoms with Gasteiger partial charge in [-0.1, -0.05) is 18.2 Å². The molecule has 6 heteroatoms. The number of hydrogen-bond donors (Lipinski definition) is 2. The van der Waals surface area contributed by atoms with Crippen LogP contribution in [0.3, 0.4) is 0 Å². The fraction of sp³-hybridized carbons (Fsp3) is 0.333. The molecule has 21 heavy (non-hydrogen) atoms. The first-order valence-corrected chi connectivity index (χ1v) is 6.81. The number of rotatable bonds is 8. The quantitative estimate of drug-likeness (QED) is 0.731. The second-order valence-corrected chi connectivity index (χ2v) is 4.48. The number of nitrogens with zero attached hydrogens (tertiary/aromatic N) is 2. The molecule has 0 fully saturated rings. The van der Waals surface area contributed by atoms with E-state index < -0.39 is 0 Å². The molecule has 0 amide bonds. The van der Waals surface area contributed by atoms with Gasteiger partial charge in [-0.2, -0.15) is 0 Å². The standard InChI is InChI=1S/C15H19FN4O/c1-21-9-8-18-15-10-14(19-11-20-15)17-7-6-12-4-2-3-5-13(12)16/h2-5,10-11H,6-9H2,1H3,(H2,17,18,19,20). The molecule has 1 heterocycles. The van der Waals surface area contributed by atoms with Crippen LogP contribution >= 0.6 is 0 Å². The van der Waals surface area contributed by atoms with E-state index in [9.17, 15) is 4.39 Å². The zero-order valence-electron chi connectivity index (χ0n) is 12.0.